The molecule has 0 radical (unpaired) electrons. The Kier molecular flexibility index (Phi) is 4.89. The van der Waals surface area contributed by atoms with Crippen molar-refractivity contribution in [1.82, 2.24) is 5.32 Å². The summed E-state index contributed by atoms with van der Waals surface area (Å²) >= 11 is 3.10. The van der Waals surface area contributed by atoms with Crippen LogP contribution in [0.4, 0.5) is 10.1 Å². The number of anilines is 1. The molecule has 1 aromatic rings. The second-order valence-electron chi connectivity index (χ2n) is 3.61. The molecular formula is C11H14BrFN2O2. The molecule has 0 unspecified atom stereocenters. The monoisotopic (exact) mass is 304 g/mol. The van der Waals surface area contributed by atoms with E-state index in [-0.39, 0.29) is 23.9 Å². The Morgan fingerprint density at radius 3 is 2.82 bits per heavy atom. The van der Waals surface area contributed by atoms with Crippen LogP contribution >= 0.6 is 15.9 Å². The largest absolute Gasteiger partial charge is 0.396 e. The van der Waals surface area contributed by atoms with E-state index >= 15 is 0 Å². The SMILES string of the molecule is CC[C@H](CO)NC(=O)c1cc(N)c(F)cc1Br. The van der Waals surface area contributed by atoms with Crippen LogP contribution in [0.1, 0.15) is 23.7 Å². The summed E-state index contributed by atoms with van der Waals surface area (Å²) < 4.78 is 13.4. The number of halogens is 2. The highest BCUT2D eigenvalue weighted by Crippen LogP contribution is 2.22. The van der Waals surface area contributed by atoms with Gasteiger partial charge in [-0.3, -0.25) is 4.79 Å². The Hall–Kier alpha value is -1.14. The van der Waals surface area contributed by atoms with E-state index in [0.29, 0.717) is 10.9 Å². The summed E-state index contributed by atoms with van der Waals surface area (Å²) in [6.07, 6.45) is 0.608. The lowest BCUT2D eigenvalue weighted by Gasteiger charge is -2.15. The molecule has 0 aliphatic rings. The van der Waals surface area contributed by atoms with Crippen molar-refractivity contribution < 1.29 is 14.3 Å². The molecule has 0 saturated carbocycles. The van der Waals surface area contributed by atoms with Crippen molar-refractivity contribution in [3.63, 3.8) is 0 Å². The van der Waals surface area contributed by atoms with Crippen LogP contribution in [0.2, 0.25) is 0 Å². The highest BCUT2D eigenvalue weighted by molar-refractivity contribution is 9.10. The molecule has 0 aliphatic heterocycles. The van der Waals surface area contributed by atoms with Gasteiger partial charge >= 0.3 is 0 Å². The van der Waals surface area contributed by atoms with Gasteiger partial charge < -0.3 is 16.2 Å². The van der Waals surface area contributed by atoms with E-state index in [1.165, 1.54) is 6.07 Å². The van der Waals surface area contributed by atoms with Gasteiger partial charge in [-0.2, -0.15) is 0 Å². The van der Waals surface area contributed by atoms with Crippen molar-refractivity contribution >= 4 is 27.5 Å². The molecule has 1 rings (SSSR count). The van der Waals surface area contributed by atoms with Gasteiger partial charge in [-0.15, -0.1) is 0 Å². The summed E-state index contributed by atoms with van der Waals surface area (Å²) in [5.74, 6) is -0.980. The van der Waals surface area contributed by atoms with Gasteiger partial charge in [0.25, 0.3) is 5.91 Å². The first-order valence-electron chi connectivity index (χ1n) is 5.15. The molecule has 0 saturated heterocycles. The predicted octanol–water partition coefficient (Wildman–Crippen LogP) is 1.67. The van der Waals surface area contributed by atoms with Gasteiger partial charge in [0.1, 0.15) is 5.82 Å². The van der Waals surface area contributed by atoms with Gasteiger partial charge in [-0.05, 0) is 34.5 Å². The fraction of sp³-hybridized carbons (Fsp3) is 0.364. The molecule has 1 amide bonds. The zero-order valence-electron chi connectivity index (χ0n) is 9.34. The highest BCUT2D eigenvalue weighted by atomic mass is 79.9. The number of carbonyl (C=O) groups is 1. The van der Waals surface area contributed by atoms with Crippen LogP contribution < -0.4 is 11.1 Å². The van der Waals surface area contributed by atoms with Crippen LogP contribution in [0.3, 0.4) is 0 Å². The Balaban J connectivity index is 2.93. The molecule has 94 valence electrons. The average molecular weight is 305 g/mol. The Labute approximate surface area is 107 Å². The van der Waals surface area contributed by atoms with Crippen molar-refractivity contribution in [3.8, 4) is 0 Å². The van der Waals surface area contributed by atoms with Crippen LogP contribution in [0, 0.1) is 5.82 Å². The number of hydrogen-bond donors (Lipinski definition) is 3. The van der Waals surface area contributed by atoms with Gasteiger partial charge in [-0.25, -0.2) is 4.39 Å². The van der Waals surface area contributed by atoms with Crippen LogP contribution in [-0.2, 0) is 0 Å². The first-order chi connectivity index (χ1) is 7.99. The number of nitrogens with two attached hydrogens (primary N) is 1. The first kappa shape index (κ1) is 13.9. The summed E-state index contributed by atoms with van der Waals surface area (Å²) in [7, 11) is 0. The molecule has 0 fully saturated rings. The highest BCUT2D eigenvalue weighted by Gasteiger charge is 2.16. The summed E-state index contributed by atoms with van der Waals surface area (Å²) in [6, 6.07) is 2.09. The molecule has 0 spiro atoms. The molecule has 0 heterocycles. The minimum atomic E-state index is -0.581. The van der Waals surface area contributed by atoms with E-state index in [2.05, 4.69) is 21.2 Å². The molecule has 4 N–H and O–H groups in total. The van der Waals surface area contributed by atoms with E-state index in [0.717, 1.165) is 6.07 Å². The summed E-state index contributed by atoms with van der Waals surface area (Å²) in [5, 5.41) is 11.6. The molecule has 1 atom stereocenters. The predicted molar refractivity (Wildman–Crippen MR) is 67.1 cm³/mol. The van der Waals surface area contributed by atoms with Crippen molar-refractivity contribution in [2.45, 2.75) is 19.4 Å². The van der Waals surface area contributed by atoms with Gasteiger partial charge in [0.2, 0.25) is 0 Å². The number of nitrogen functional groups attached to an aromatic ring is 1. The number of hydrogen-bond acceptors (Lipinski definition) is 3. The number of nitrogens with one attached hydrogen (secondary N) is 1. The van der Waals surface area contributed by atoms with Crippen molar-refractivity contribution in [2.24, 2.45) is 0 Å². The molecule has 0 bridgehead atoms. The molecule has 1 aromatic carbocycles. The van der Waals surface area contributed by atoms with Crippen molar-refractivity contribution in [2.75, 3.05) is 12.3 Å². The van der Waals surface area contributed by atoms with Crippen LogP contribution in [-0.4, -0.2) is 23.7 Å². The number of carbonyl (C=O) groups excluding carboxylic acids is 1. The lowest BCUT2D eigenvalue weighted by molar-refractivity contribution is 0.0914. The van der Waals surface area contributed by atoms with Crippen LogP contribution in [0.5, 0.6) is 0 Å². The second-order valence-corrected chi connectivity index (χ2v) is 4.47. The maximum Gasteiger partial charge on any atom is 0.252 e. The topological polar surface area (TPSA) is 75.3 Å². The van der Waals surface area contributed by atoms with E-state index < -0.39 is 11.7 Å². The van der Waals surface area contributed by atoms with Gasteiger partial charge in [0.05, 0.1) is 23.9 Å². The minimum Gasteiger partial charge on any atom is -0.396 e. The molecule has 6 heteroatoms. The minimum absolute atomic E-state index is 0.0876. The number of amides is 1. The zero-order valence-corrected chi connectivity index (χ0v) is 10.9. The Bertz CT molecular complexity index is 422. The molecule has 17 heavy (non-hydrogen) atoms. The van der Waals surface area contributed by atoms with Gasteiger partial charge in [-0.1, -0.05) is 6.92 Å². The van der Waals surface area contributed by atoms with Crippen molar-refractivity contribution in [3.05, 3.63) is 28.0 Å². The van der Waals surface area contributed by atoms with Crippen LogP contribution in [0.25, 0.3) is 0 Å². The van der Waals surface area contributed by atoms with Crippen molar-refractivity contribution in [1.29, 1.82) is 0 Å². The molecule has 0 aromatic heterocycles. The number of benzene rings is 1. The molecule has 4 nitrogen and oxygen atoms in total. The summed E-state index contributed by atoms with van der Waals surface area (Å²) in [4.78, 5) is 11.8. The number of rotatable bonds is 4. The summed E-state index contributed by atoms with van der Waals surface area (Å²) in [6.45, 7) is 1.70. The van der Waals surface area contributed by atoms with Gasteiger partial charge in [0, 0.05) is 4.47 Å². The fourth-order valence-electron chi connectivity index (χ4n) is 1.28. The zero-order chi connectivity index (χ0) is 13.0. The second kappa shape index (κ2) is 5.97. The Morgan fingerprint density at radius 1 is 1.65 bits per heavy atom. The third kappa shape index (κ3) is 3.41. The maximum atomic E-state index is 13.1. The standard InChI is InChI=1S/C11H14BrFN2O2/c1-2-6(5-16)15-11(17)7-3-10(14)9(13)4-8(7)12/h3-4,6,16H,2,5,14H2,1H3,(H,15,17)/t6-/m1/s1. The molecule has 0 aliphatic carbocycles. The summed E-state index contributed by atoms with van der Waals surface area (Å²) in [5.41, 5.74) is 5.56. The third-order valence-corrected chi connectivity index (χ3v) is 3.04. The lowest BCUT2D eigenvalue weighted by Crippen LogP contribution is -2.37. The normalized spacial score (nSPS) is 12.2. The Morgan fingerprint density at radius 2 is 2.29 bits per heavy atom. The van der Waals surface area contributed by atoms with E-state index in [1.54, 1.807) is 0 Å². The number of aliphatic hydroxyl groups is 1. The van der Waals surface area contributed by atoms with E-state index in [9.17, 15) is 9.18 Å². The molecular weight excluding hydrogens is 291 g/mol. The van der Waals surface area contributed by atoms with Gasteiger partial charge in [0.15, 0.2) is 0 Å². The quantitative estimate of drug-likeness (QED) is 0.741. The van der Waals surface area contributed by atoms with E-state index in [4.69, 9.17) is 10.8 Å². The van der Waals surface area contributed by atoms with E-state index in [1.807, 2.05) is 6.92 Å². The third-order valence-electron chi connectivity index (χ3n) is 2.38. The number of aliphatic hydroxyl groups excluding tert-OH is 1. The smallest absolute Gasteiger partial charge is 0.252 e. The van der Waals surface area contributed by atoms with Crippen LogP contribution in [0.15, 0.2) is 16.6 Å². The maximum absolute atomic E-state index is 13.1. The average Bonchev–Trinajstić information content (AvgIpc) is 2.30. The lowest BCUT2D eigenvalue weighted by atomic mass is 10.1. The fourth-order valence-corrected chi connectivity index (χ4v) is 1.78. The first-order valence-corrected chi connectivity index (χ1v) is 5.95.